The lowest BCUT2D eigenvalue weighted by molar-refractivity contribution is 0.110. The van der Waals surface area contributed by atoms with Crippen molar-refractivity contribution in [3.63, 3.8) is 0 Å². The molecule has 0 heterocycles. The van der Waals surface area contributed by atoms with Gasteiger partial charge in [-0.25, -0.2) is 4.99 Å². The minimum Gasteiger partial charge on any atom is -0.491 e. The van der Waals surface area contributed by atoms with Gasteiger partial charge in [0.2, 0.25) is 0 Å². The van der Waals surface area contributed by atoms with E-state index in [2.05, 4.69) is 40.8 Å². The van der Waals surface area contributed by atoms with E-state index in [1.165, 1.54) is 0 Å². The second-order valence-electron chi connectivity index (χ2n) is 6.51. The van der Waals surface area contributed by atoms with Crippen LogP contribution < -0.4 is 15.4 Å². The lowest BCUT2D eigenvalue weighted by atomic mass is 10.1. The number of nitrogens with zero attached hydrogens (tertiary/aromatic N) is 2. The van der Waals surface area contributed by atoms with Crippen LogP contribution in [0.2, 0.25) is 0 Å². The topological polar surface area (TPSA) is 78.7 Å². The summed E-state index contributed by atoms with van der Waals surface area (Å²) >= 11 is 0. The van der Waals surface area contributed by atoms with Gasteiger partial charge in [-0.1, -0.05) is 24.3 Å². The largest absolute Gasteiger partial charge is 0.491 e. The third-order valence-corrected chi connectivity index (χ3v) is 4.21. The molecule has 7 heteroatoms. The first kappa shape index (κ1) is 25.7. The van der Waals surface area contributed by atoms with Crippen LogP contribution in [0.4, 0.5) is 0 Å². The Morgan fingerprint density at radius 1 is 1.07 bits per heavy atom. The highest BCUT2D eigenvalue weighted by Crippen LogP contribution is 2.20. The van der Waals surface area contributed by atoms with Gasteiger partial charge in [-0.05, 0) is 50.1 Å². The molecule has 30 heavy (non-hydrogen) atoms. The standard InChI is InChI=1S/C23H30N4O2.HI/c1-4-25-23(26-16-20-9-7-19(15-24)8-10-20)27-17-21-11-6-18(3)14-22(21)29-13-12-28-5-2;/h6-11,14H,4-5,12-13,16-17H2,1-3H3,(H2,25,26,27);1H. The summed E-state index contributed by atoms with van der Waals surface area (Å²) in [5.41, 5.74) is 3.92. The van der Waals surface area contributed by atoms with Crippen molar-refractivity contribution in [2.75, 3.05) is 26.4 Å². The van der Waals surface area contributed by atoms with Gasteiger partial charge in [0.1, 0.15) is 12.4 Å². The van der Waals surface area contributed by atoms with Crippen LogP contribution in [0, 0.1) is 18.3 Å². The summed E-state index contributed by atoms with van der Waals surface area (Å²) < 4.78 is 11.3. The Balaban J connectivity index is 0.00000450. The lowest BCUT2D eigenvalue weighted by Crippen LogP contribution is -2.36. The van der Waals surface area contributed by atoms with Crippen molar-refractivity contribution in [3.05, 3.63) is 64.7 Å². The molecular weight excluding hydrogens is 491 g/mol. The molecule has 0 saturated carbocycles. The average molecular weight is 522 g/mol. The van der Waals surface area contributed by atoms with Crippen LogP contribution in [0.3, 0.4) is 0 Å². The summed E-state index contributed by atoms with van der Waals surface area (Å²) in [6, 6.07) is 15.8. The second-order valence-corrected chi connectivity index (χ2v) is 6.51. The molecule has 0 aromatic heterocycles. The van der Waals surface area contributed by atoms with Gasteiger partial charge in [0.15, 0.2) is 5.96 Å². The molecule has 0 amide bonds. The summed E-state index contributed by atoms with van der Waals surface area (Å²) in [5.74, 6) is 1.60. The van der Waals surface area contributed by atoms with Gasteiger partial charge in [0.05, 0.1) is 24.8 Å². The van der Waals surface area contributed by atoms with Crippen LogP contribution >= 0.6 is 24.0 Å². The number of nitriles is 1. The Hall–Kier alpha value is -2.31. The highest BCUT2D eigenvalue weighted by molar-refractivity contribution is 14.0. The van der Waals surface area contributed by atoms with Gasteiger partial charge in [0.25, 0.3) is 0 Å². The van der Waals surface area contributed by atoms with Crippen LogP contribution in [0.25, 0.3) is 0 Å². The number of aliphatic imine (C=N–C) groups is 1. The van der Waals surface area contributed by atoms with E-state index in [0.717, 1.165) is 34.9 Å². The smallest absolute Gasteiger partial charge is 0.191 e. The van der Waals surface area contributed by atoms with E-state index in [9.17, 15) is 0 Å². The number of hydrogen-bond acceptors (Lipinski definition) is 4. The van der Waals surface area contributed by atoms with Gasteiger partial charge >= 0.3 is 0 Å². The van der Waals surface area contributed by atoms with E-state index in [1.54, 1.807) is 0 Å². The number of rotatable bonds is 10. The van der Waals surface area contributed by atoms with E-state index in [0.29, 0.717) is 38.5 Å². The van der Waals surface area contributed by atoms with Crippen LogP contribution in [0.15, 0.2) is 47.5 Å². The molecule has 0 atom stereocenters. The number of ether oxygens (including phenoxy) is 2. The molecule has 0 unspecified atom stereocenters. The monoisotopic (exact) mass is 522 g/mol. The Morgan fingerprint density at radius 2 is 1.83 bits per heavy atom. The number of benzene rings is 2. The van der Waals surface area contributed by atoms with Crippen LogP contribution in [-0.2, 0) is 17.8 Å². The molecule has 0 fully saturated rings. The van der Waals surface area contributed by atoms with Gasteiger partial charge < -0.3 is 20.1 Å². The average Bonchev–Trinajstić information content (AvgIpc) is 2.74. The van der Waals surface area contributed by atoms with E-state index in [4.69, 9.17) is 14.7 Å². The van der Waals surface area contributed by atoms with Crippen molar-refractivity contribution in [1.29, 1.82) is 5.26 Å². The maximum absolute atomic E-state index is 8.90. The van der Waals surface area contributed by atoms with Gasteiger partial charge in [-0.2, -0.15) is 5.26 Å². The molecule has 2 N–H and O–H groups in total. The van der Waals surface area contributed by atoms with Crippen molar-refractivity contribution >= 4 is 29.9 Å². The molecule has 6 nitrogen and oxygen atoms in total. The molecule has 2 aromatic rings. The fraction of sp³-hybridized carbons (Fsp3) is 0.391. The van der Waals surface area contributed by atoms with E-state index < -0.39 is 0 Å². The van der Waals surface area contributed by atoms with Gasteiger partial charge in [-0.15, -0.1) is 24.0 Å². The van der Waals surface area contributed by atoms with E-state index >= 15 is 0 Å². The Bertz CT molecular complexity index is 832. The van der Waals surface area contributed by atoms with E-state index in [1.807, 2.05) is 44.2 Å². The Labute approximate surface area is 196 Å². The van der Waals surface area contributed by atoms with Crippen molar-refractivity contribution in [1.82, 2.24) is 10.6 Å². The molecule has 0 aliphatic heterocycles. The summed E-state index contributed by atoms with van der Waals surface area (Å²) in [6.45, 7) is 9.75. The van der Waals surface area contributed by atoms with Crippen molar-refractivity contribution in [2.24, 2.45) is 4.99 Å². The molecule has 0 radical (unpaired) electrons. The van der Waals surface area contributed by atoms with Gasteiger partial charge in [0, 0.05) is 25.3 Å². The Kier molecular flexibility index (Phi) is 12.6. The summed E-state index contributed by atoms with van der Waals surface area (Å²) in [4.78, 5) is 4.64. The quantitative estimate of drug-likeness (QED) is 0.212. The Morgan fingerprint density at radius 3 is 2.50 bits per heavy atom. The van der Waals surface area contributed by atoms with Crippen LogP contribution in [-0.4, -0.2) is 32.3 Å². The SMILES string of the molecule is CCNC(=NCc1ccc(C#N)cc1)NCc1ccc(C)cc1OCCOCC.I. The summed E-state index contributed by atoms with van der Waals surface area (Å²) in [5, 5.41) is 15.5. The first-order valence-electron chi connectivity index (χ1n) is 9.97. The minimum atomic E-state index is 0. The number of guanidine groups is 1. The molecule has 2 rings (SSSR count). The predicted molar refractivity (Wildman–Crippen MR) is 131 cm³/mol. The zero-order chi connectivity index (χ0) is 20.9. The second kappa shape index (κ2) is 14.6. The molecule has 0 saturated heterocycles. The number of nitrogens with one attached hydrogen (secondary N) is 2. The van der Waals surface area contributed by atoms with Gasteiger partial charge in [-0.3, -0.25) is 0 Å². The van der Waals surface area contributed by atoms with Crippen molar-refractivity contribution < 1.29 is 9.47 Å². The maximum atomic E-state index is 8.90. The predicted octanol–water partition coefficient (Wildman–Crippen LogP) is 4.16. The third-order valence-electron chi connectivity index (χ3n) is 4.21. The minimum absolute atomic E-state index is 0. The first-order chi connectivity index (χ1) is 14.2. The lowest BCUT2D eigenvalue weighted by Gasteiger charge is -2.15. The summed E-state index contributed by atoms with van der Waals surface area (Å²) in [7, 11) is 0. The van der Waals surface area contributed by atoms with Crippen molar-refractivity contribution in [3.8, 4) is 11.8 Å². The molecular formula is C23H31IN4O2. The van der Waals surface area contributed by atoms with Crippen LogP contribution in [0.5, 0.6) is 5.75 Å². The fourth-order valence-electron chi connectivity index (χ4n) is 2.67. The number of halogens is 1. The number of hydrogen-bond donors (Lipinski definition) is 2. The maximum Gasteiger partial charge on any atom is 0.191 e. The van der Waals surface area contributed by atoms with Crippen molar-refractivity contribution in [2.45, 2.75) is 33.9 Å². The molecule has 0 aliphatic rings. The summed E-state index contributed by atoms with van der Waals surface area (Å²) in [6.07, 6.45) is 0. The molecule has 0 spiro atoms. The molecule has 2 aromatic carbocycles. The number of aryl methyl sites for hydroxylation is 1. The van der Waals surface area contributed by atoms with E-state index in [-0.39, 0.29) is 24.0 Å². The van der Waals surface area contributed by atoms with Crippen LogP contribution in [0.1, 0.15) is 36.1 Å². The molecule has 162 valence electrons. The first-order valence-corrected chi connectivity index (χ1v) is 9.97. The highest BCUT2D eigenvalue weighted by Gasteiger charge is 2.06. The zero-order valence-corrected chi connectivity index (χ0v) is 20.2. The zero-order valence-electron chi connectivity index (χ0n) is 17.9. The molecule has 0 aliphatic carbocycles. The third kappa shape index (κ3) is 9.01. The molecule has 0 bridgehead atoms. The highest BCUT2D eigenvalue weighted by atomic mass is 127. The normalized spacial score (nSPS) is 10.7. The fourth-order valence-corrected chi connectivity index (χ4v) is 2.67.